The second kappa shape index (κ2) is 6.72. The van der Waals surface area contributed by atoms with Gasteiger partial charge < -0.3 is 20.5 Å². The Morgan fingerprint density at radius 1 is 1.28 bits per heavy atom. The Bertz CT molecular complexity index is 789. The van der Waals surface area contributed by atoms with Crippen molar-refractivity contribution in [1.82, 2.24) is 4.98 Å². The van der Waals surface area contributed by atoms with Gasteiger partial charge in [-0.15, -0.1) is 0 Å². The summed E-state index contributed by atoms with van der Waals surface area (Å²) in [6.07, 6.45) is 1.71. The van der Waals surface area contributed by atoms with Gasteiger partial charge in [-0.25, -0.2) is 4.98 Å². The molecule has 2 saturated heterocycles. The number of benzene rings is 1. The van der Waals surface area contributed by atoms with Gasteiger partial charge in [-0.05, 0) is 30.3 Å². The normalized spacial score (nSPS) is 17.1. The summed E-state index contributed by atoms with van der Waals surface area (Å²) in [5.41, 5.74) is 8.26. The lowest BCUT2D eigenvalue weighted by Crippen LogP contribution is -2.66. The Balaban J connectivity index is 0.000000883. The van der Waals surface area contributed by atoms with E-state index in [-0.39, 0.29) is 14.3 Å². The molecule has 1 aromatic heterocycles. The second-order valence-electron chi connectivity index (χ2n) is 6.40. The van der Waals surface area contributed by atoms with Crippen LogP contribution in [0.15, 0.2) is 36.5 Å². The SMILES string of the molecule is CC.N=C(c1ccnc(N2CC3(COC3)C2)c1)c1cc(O)ccc1N.[HH].[HH]. The number of aromatic hydroxyl groups is 1. The smallest absolute Gasteiger partial charge is 0.129 e. The Kier molecular flexibility index (Phi) is 4.63. The van der Waals surface area contributed by atoms with Gasteiger partial charge in [0.1, 0.15) is 11.6 Å². The topological polar surface area (TPSA) is 95.5 Å². The Labute approximate surface area is 150 Å². The van der Waals surface area contributed by atoms with E-state index in [9.17, 15) is 5.11 Å². The van der Waals surface area contributed by atoms with E-state index in [0.29, 0.717) is 16.7 Å². The number of hydrogen-bond donors (Lipinski definition) is 3. The van der Waals surface area contributed by atoms with Crippen molar-refractivity contribution in [3.05, 3.63) is 47.7 Å². The third kappa shape index (κ3) is 3.17. The molecule has 0 amide bonds. The minimum Gasteiger partial charge on any atom is -0.508 e. The van der Waals surface area contributed by atoms with Crippen LogP contribution in [0.3, 0.4) is 0 Å². The first-order chi connectivity index (χ1) is 12.1. The lowest BCUT2D eigenvalue weighted by molar-refractivity contribution is -0.127. The molecule has 25 heavy (non-hydrogen) atoms. The van der Waals surface area contributed by atoms with Gasteiger partial charge in [0.05, 0.1) is 24.3 Å². The zero-order valence-corrected chi connectivity index (χ0v) is 14.6. The van der Waals surface area contributed by atoms with Crippen LogP contribution < -0.4 is 10.6 Å². The number of nitrogens with zero attached hydrogens (tertiary/aromatic N) is 2. The average Bonchev–Trinajstić information content (AvgIpc) is 2.56. The zero-order valence-electron chi connectivity index (χ0n) is 14.6. The van der Waals surface area contributed by atoms with Crippen molar-refractivity contribution in [2.75, 3.05) is 36.9 Å². The summed E-state index contributed by atoms with van der Waals surface area (Å²) in [6, 6.07) is 8.33. The van der Waals surface area contributed by atoms with Crippen molar-refractivity contribution in [2.24, 2.45) is 5.41 Å². The lowest BCUT2D eigenvalue weighted by Gasteiger charge is -2.55. The quantitative estimate of drug-likeness (QED) is 0.452. The maximum atomic E-state index is 9.63. The predicted molar refractivity (Wildman–Crippen MR) is 104 cm³/mol. The number of anilines is 2. The molecule has 0 saturated carbocycles. The zero-order chi connectivity index (χ0) is 18.0. The molecule has 2 aromatic rings. The number of nitrogen functional groups attached to an aromatic ring is 1. The van der Waals surface area contributed by atoms with E-state index in [1.54, 1.807) is 18.3 Å². The fourth-order valence-electron chi connectivity index (χ4n) is 3.16. The molecule has 2 aliphatic rings. The summed E-state index contributed by atoms with van der Waals surface area (Å²) in [7, 11) is 0. The largest absolute Gasteiger partial charge is 0.508 e. The van der Waals surface area contributed by atoms with E-state index in [2.05, 4.69) is 9.88 Å². The van der Waals surface area contributed by atoms with Gasteiger partial charge in [-0.1, -0.05) is 13.8 Å². The number of hydrogen-bond acceptors (Lipinski definition) is 6. The number of phenols is 1. The van der Waals surface area contributed by atoms with Gasteiger partial charge in [-0.3, -0.25) is 5.41 Å². The number of ether oxygens (including phenoxy) is 1. The minimum absolute atomic E-state index is 0. The van der Waals surface area contributed by atoms with Crippen LogP contribution in [-0.4, -0.2) is 42.1 Å². The van der Waals surface area contributed by atoms with Crippen LogP contribution in [0.4, 0.5) is 11.5 Å². The van der Waals surface area contributed by atoms with Crippen molar-refractivity contribution in [3.8, 4) is 5.75 Å². The maximum Gasteiger partial charge on any atom is 0.129 e. The summed E-state index contributed by atoms with van der Waals surface area (Å²) >= 11 is 0. The molecule has 6 nitrogen and oxygen atoms in total. The Morgan fingerprint density at radius 2 is 2.00 bits per heavy atom. The molecule has 1 aromatic carbocycles. The average molecular weight is 344 g/mol. The molecule has 0 unspecified atom stereocenters. The number of phenolic OH excluding ortho intramolecular Hbond substituents is 1. The standard InChI is InChI=1S/C17H18N4O2.C2H6.2H2/c18-14-2-1-12(22)6-13(14)16(19)11-3-4-20-15(5-11)21-7-17(8-21)9-23-10-17;1-2;;/h1-6,19,22H,7-10,18H2;1-2H3;2*1H. The summed E-state index contributed by atoms with van der Waals surface area (Å²) < 4.78 is 5.29. The summed E-state index contributed by atoms with van der Waals surface area (Å²) in [5.74, 6) is 0.964. The highest BCUT2D eigenvalue weighted by Crippen LogP contribution is 2.39. The van der Waals surface area contributed by atoms with Gasteiger partial charge in [-0.2, -0.15) is 0 Å². The van der Waals surface area contributed by atoms with Gasteiger partial charge in [0.2, 0.25) is 0 Å². The lowest BCUT2D eigenvalue weighted by atomic mass is 9.78. The molecule has 6 heteroatoms. The highest BCUT2D eigenvalue weighted by Gasteiger charge is 2.49. The summed E-state index contributed by atoms with van der Waals surface area (Å²) in [5, 5.41) is 18.0. The van der Waals surface area contributed by atoms with E-state index < -0.39 is 0 Å². The highest BCUT2D eigenvalue weighted by molar-refractivity contribution is 6.14. The number of pyridine rings is 1. The number of rotatable bonds is 3. The molecule has 2 fully saturated rings. The van der Waals surface area contributed by atoms with E-state index in [0.717, 1.165) is 37.7 Å². The van der Waals surface area contributed by atoms with Gasteiger partial charge in [0.15, 0.2) is 0 Å². The van der Waals surface area contributed by atoms with Crippen LogP contribution in [0.5, 0.6) is 5.75 Å². The highest BCUT2D eigenvalue weighted by atomic mass is 16.5. The van der Waals surface area contributed by atoms with Gasteiger partial charge in [0.25, 0.3) is 0 Å². The second-order valence-corrected chi connectivity index (χ2v) is 6.40. The van der Waals surface area contributed by atoms with Crippen molar-refractivity contribution < 1.29 is 12.7 Å². The first-order valence-corrected chi connectivity index (χ1v) is 8.53. The number of nitrogens with two attached hydrogens (primary N) is 1. The summed E-state index contributed by atoms with van der Waals surface area (Å²) in [4.78, 5) is 6.61. The third-order valence-corrected chi connectivity index (χ3v) is 4.53. The van der Waals surface area contributed by atoms with Crippen molar-refractivity contribution >= 4 is 17.2 Å². The molecule has 1 spiro atoms. The number of nitrogens with one attached hydrogen (secondary N) is 1. The van der Waals surface area contributed by atoms with E-state index in [1.165, 1.54) is 12.1 Å². The molecule has 0 aliphatic carbocycles. The first kappa shape index (κ1) is 17.2. The molecule has 0 radical (unpaired) electrons. The van der Waals surface area contributed by atoms with E-state index in [4.69, 9.17) is 15.9 Å². The maximum absolute atomic E-state index is 9.63. The predicted octanol–water partition coefficient (Wildman–Crippen LogP) is 3.14. The van der Waals surface area contributed by atoms with E-state index in [1.807, 2.05) is 19.9 Å². The molecule has 2 aliphatic heterocycles. The summed E-state index contributed by atoms with van der Waals surface area (Å²) in [6.45, 7) is 7.56. The first-order valence-electron chi connectivity index (χ1n) is 8.53. The van der Waals surface area contributed by atoms with Gasteiger partial charge >= 0.3 is 0 Å². The molecule has 0 bridgehead atoms. The van der Waals surface area contributed by atoms with Crippen LogP contribution in [0.1, 0.15) is 27.8 Å². The van der Waals surface area contributed by atoms with Gasteiger partial charge in [0, 0.05) is 39.0 Å². The van der Waals surface area contributed by atoms with Crippen LogP contribution in [0, 0.1) is 10.8 Å². The van der Waals surface area contributed by atoms with Crippen LogP contribution >= 0.6 is 0 Å². The molecule has 3 heterocycles. The molecular weight excluding hydrogens is 316 g/mol. The molecule has 4 N–H and O–H groups in total. The van der Waals surface area contributed by atoms with E-state index >= 15 is 0 Å². The van der Waals surface area contributed by atoms with Crippen molar-refractivity contribution in [1.29, 1.82) is 5.41 Å². The van der Waals surface area contributed by atoms with Crippen molar-refractivity contribution in [2.45, 2.75) is 13.8 Å². The van der Waals surface area contributed by atoms with Crippen LogP contribution in [0.25, 0.3) is 0 Å². The minimum atomic E-state index is 0. The fraction of sp³-hybridized carbons (Fsp3) is 0.368. The van der Waals surface area contributed by atoms with Crippen molar-refractivity contribution in [3.63, 3.8) is 0 Å². The third-order valence-electron chi connectivity index (χ3n) is 4.53. The fourth-order valence-corrected chi connectivity index (χ4v) is 3.16. The molecular formula is C19H28N4O2. The Morgan fingerprint density at radius 3 is 2.64 bits per heavy atom. The van der Waals surface area contributed by atoms with Crippen LogP contribution in [0.2, 0.25) is 0 Å². The molecule has 4 rings (SSSR count). The van der Waals surface area contributed by atoms with Crippen LogP contribution in [-0.2, 0) is 4.74 Å². The Hall–Kier alpha value is -2.60. The number of aromatic nitrogens is 1. The monoisotopic (exact) mass is 344 g/mol. The molecule has 136 valence electrons. The molecule has 0 atom stereocenters.